The lowest BCUT2D eigenvalue weighted by molar-refractivity contribution is -0.420. The zero-order valence-electron chi connectivity index (χ0n) is 7.12. The maximum Gasteiger partial charge on any atom is 0.107 e. The summed E-state index contributed by atoms with van der Waals surface area (Å²) in [6, 6.07) is 10.7. The lowest BCUT2D eigenvalue weighted by atomic mass is 10.1. The molecule has 1 aromatic rings. The summed E-state index contributed by atoms with van der Waals surface area (Å²) in [4.78, 5) is 0. The molecule has 0 aromatic heterocycles. The standard InChI is InChI=1S/C8H11N.CH4O/c1-7(9)8-5-3-2-4-6-8;1-2/h2-7H,9H2,1H3;2H,1H3/p+1. The lowest BCUT2D eigenvalue weighted by Gasteiger charge is -1.98. The molecule has 0 fully saturated rings. The predicted molar refractivity (Wildman–Crippen MR) is 45.9 cm³/mol. The van der Waals surface area contributed by atoms with Crippen LogP contribution in [0.4, 0.5) is 0 Å². The molecular formula is C9H16NO+. The molecule has 2 heteroatoms. The van der Waals surface area contributed by atoms with Crippen molar-refractivity contribution in [3.05, 3.63) is 35.9 Å². The van der Waals surface area contributed by atoms with E-state index in [1.165, 1.54) is 5.56 Å². The van der Waals surface area contributed by atoms with Crippen molar-refractivity contribution >= 4 is 0 Å². The second-order valence-corrected chi connectivity index (χ2v) is 2.31. The third kappa shape index (κ3) is 3.75. The first-order chi connectivity index (χ1) is 5.30. The van der Waals surface area contributed by atoms with Crippen LogP contribution in [0.15, 0.2) is 30.3 Å². The van der Waals surface area contributed by atoms with Crippen molar-refractivity contribution in [1.29, 1.82) is 0 Å². The monoisotopic (exact) mass is 154 g/mol. The van der Waals surface area contributed by atoms with Crippen molar-refractivity contribution in [2.45, 2.75) is 13.0 Å². The van der Waals surface area contributed by atoms with Gasteiger partial charge in [-0.25, -0.2) is 0 Å². The van der Waals surface area contributed by atoms with Crippen molar-refractivity contribution in [2.24, 2.45) is 0 Å². The zero-order valence-corrected chi connectivity index (χ0v) is 7.12. The topological polar surface area (TPSA) is 47.9 Å². The molecule has 0 heterocycles. The molecule has 0 amide bonds. The molecule has 1 atom stereocenters. The molecule has 0 aliphatic heterocycles. The van der Waals surface area contributed by atoms with Gasteiger partial charge in [-0.1, -0.05) is 30.3 Å². The average Bonchev–Trinajstić information content (AvgIpc) is 2.10. The predicted octanol–water partition coefficient (Wildman–Crippen LogP) is 0.598. The van der Waals surface area contributed by atoms with Crippen molar-refractivity contribution in [3.8, 4) is 0 Å². The van der Waals surface area contributed by atoms with Gasteiger partial charge in [0.15, 0.2) is 0 Å². The molecule has 1 unspecified atom stereocenters. The largest absolute Gasteiger partial charge is 0.400 e. The summed E-state index contributed by atoms with van der Waals surface area (Å²) in [5.74, 6) is 0. The van der Waals surface area contributed by atoms with Gasteiger partial charge in [-0.05, 0) is 6.92 Å². The summed E-state index contributed by atoms with van der Waals surface area (Å²) in [5.41, 5.74) is 5.21. The third-order valence-corrected chi connectivity index (χ3v) is 1.37. The van der Waals surface area contributed by atoms with Crippen LogP contribution in [0.5, 0.6) is 0 Å². The molecule has 0 saturated heterocycles. The quantitative estimate of drug-likeness (QED) is 0.611. The first-order valence-electron chi connectivity index (χ1n) is 3.63. The molecule has 1 rings (SSSR count). The fraction of sp³-hybridized carbons (Fsp3) is 0.333. The Hall–Kier alpha value is -0.860. The van der Waals surface area contributed by atoms with Crippen LogP contribution in [-0.4, -0.2) is 12.2 Å². The molecule has 0 radical (unpaired) electrons. The Labute approximate surface area is 67.7 Å². The SMILES string of the molecule is CC([NH3+])c1ccccc1.CO. The van der Waals surface area contributed by atoms with Gasteiger partial charge in [0.2, 0.25) is 0 Å². The van der Waals surface area contributed by atoms with E-state index in [1.807, 2.05) is 18.2 Å². The smallest absolute Gasteiger partial charge is 0.107 e. The van der Waals surface area contributed by atoms with E-state index in [1.54, 1.807) is 0 Å². The minimum Gasteiger partial charge on any atom is -0.400 e. The molecule has 4 N–H and O–H groups in total. The van der Waals surface area contributed by atoms with Gasteiger partial charge in [-0.15, -0.1) is 0 Å². The van der Waals surface area contributed by atoms with Crippen molar-refractivity contribution in [3.63, 3.8) is 0 Å². The van der Waals surface area contributed by atoms with Crippen LogP contribution < -0.4 is 5.73 Å². The third-order valence-electron chi connectivity index (χ3n) is 1.37. The normalized spacial score (nSPS) is 11.3. The van der Waals surface area contributed by atoms with Gasteiger partial charge in [-0.2, -0.15) is 0 Å². The molecule has 0 spiro atoms. The summed E-state index contributed by atoms with van der Waals surface area (Å²) in [6.45, 7) is 2.09. The van der Waals surface area contributed by atoms with Crippen LogP contribution in [0.1, 0.15) is 18.5 Å². The Kier molecular flexibility index (Phi) is 5.43. The molecule has 0 saturated carbocycles. The van der Waals surface area contributed by atoms with E-state index in [9.17, 15) is 0 Å². The highest BCUT2D eigenvalue weighted by molar-refractivity contribution is 5.15. The van der Waals surface area contributed by atoms with E-state index in [0.29, 0.717) is 6.04 Å². The second-order valence-electron chi connectivity index (χ2n) is 2.31. The zero-order chi connectivity index (χ0) is 8.69. The van der Waals surface area contributed by atoms with Crippen LogP contribution in [0.3, 0.4) is 0 Å². The molecular weight excluding hydrogens is 138 g/mol. The summed E-state index contributed by atoms with van der Waals surface area (Å²) >= 11 is 0. The van der Waals surface area contributed by atoms with Crippen molar-refractivity contribution < 1.29 is 10.8 Å². The minimum atomic E-state index is 0.409. The van der Waals surface area contributed by atoms with Gasteiger partial charge in [0.05, 0.1) is 0 Å². The number of quaternary nitrogens is 1. The molecule has 0 aliphatic carbocycles. The fourth-order valence-corrected chi connectivity index (χ4v) is 0.782. The van der Waals surface area contributed by atoms with Crippen LogP contribution in [0.2, 0.25) is 0 Å². The molecule has 2 nitrogen and oxygen atoms in total. The van der Waals surface area contributed by atoms with Crippen LogP contribution in [-0.2, 0) is 0 Å². The van der Waals surface area contributed by atoms with Gasteiger partial charge in [0.25, 0.3) is 0 Å². The molecule has 11 heavy (non-hydrogen) atoms. The van der Waals surface area contributed by atoms with Gasteiger partial charge in [0.1, 0.15) is 6.04 Å². The molecule has 62 valence electrons. The number of aliphatic hydroxyl groups is 1. The summed E-state index contributed by atoms with van der Waals surface area (Å²) in [6.07, 6.45) is 0. The van der Waals surface area contributed by atoms with E-state index in [4.69, 9.17) is 5.11 Å². The maximum atomic E-state index is 7.00. The number of hydrogen-bond acceptors (Lipinski definition) is 1. The molecule has 1 aromatic carbocycles. The summed E-state index contributed by atoms with van der Waals surface area (Å²) < 4.78 is 0. The minimum absolute atomic E-state index is 0.409. The molecule has 0 bridgehead atoms. The first kappa shape index (κ1) is 10.1. The van der Waals surface area contributed by atoms with Crippen LogP contribution in [0.25, 0.3) is 0 Å². The Morgan fingerprint density at radius 2 is 1.64 bits per heavy atom. The number of hydrogen-bond donors (Lipinski definition) is 2. The van der Waals surface area contributed by atoms with Gasteiger partial charge in [0, 0.05) is 12.7 Å². The van der Waals surface area contributed by atoms with E-state index in [0.717, 1.165) is 7.11 Å². The van der Waals surface area contributed by atoms with E-state index in [2.05, 4.69) is 24.8 Å². The number of rotatable bonds is 1. The summed E-state index contributed by atoms with van der Waals surface area (Å²) in [7, 11) is 1.00. The van der Waals surface area contributed by atoms with Crippen LogP contribution in [0, 0.1) is 0 Å². The Balaban J connectivity index is 0.000000461. The average molecular weight is 154 g/mol. The highest BCUT2D eigenvalue weighted by atomic mass is 16.2. The highest BCUT2D eigenvalue weighted by Gasteiger charge is 1.97. The molecule has 0 aliphatic rings. The fourth-order valence-electron chi connectivity index (χ4n) is 0.782. The second kappa shape index (κ2) is 5.89. The van der Waals surface area contributed by atoms with E-state index >= 15 is 0 Å². The van der Waals surface area contributed by atoms with Crippen molar-refractivity contribution in [1.82, 2.24) is 0 Å². The van der Waals surface area contributed by atoms with E-state index in [-0.39, 0.29) is 0 Å². The van der Waals surface area contributed by atoms with Gasteiger partial charge in [-0.3, -0.25) is 0 Å². The summed E-state index contributed by atoms with van der Waals surface area (Å²) in [5, 5.41) is 7.00. The Bertz CT molecular complexity index is 172. The Morgan fingerprint density at radius 1 is 1.18 bits per heavy atom. The Morgan fingerprint density at radius 3 is 1.91 bits per heavy atom. The highest BCUT2D eigenvalue weighted by Crippen LogP contribution is 2.04. The van der Waals surface area contributed by atoms with Gasteiger partial charge >= 0.3 is 0 Å². The number of benzene rings is 1. The van der Waals surface area contributed by atoms with E-state index < -0.39 is 0 Å². The number of aliphatic hydroxyl groups excluding tert-OH is 1. The maximum absolute atomic E-state index is 7.00. The lowest BCUT2D eigenvalue weighted by Crippen LogP contribution is -2.51. The first-order valence-corrected chi connectivity index (χ1v) is 3.63. The van der Waals surface area contributed by atoms with Crippen molar-refractivity contribution in [2.75, 3.05) is 7.11 Å². The van der Waals surface area contributed by atoms with Crippen LogP contribution >= 0.6 is 0 Å². The van der Waals surface area contributed by atoms with Gasteiger partial charge < -0.3 is 10.8 Å².